The lowest BCUT2D eigenvalue weighted by atomic mass is 9.87. The van der Waals surface area contributed by atoms with Crippen molar-refractivity contribution in [1.29, 1.82) is 0 Å². The molecule has 0 saturated carbocycles. The van der Waals surface area contributed by atoms with Gasteiger partial charge >= 0.3 is 0 Å². The Morgan fingerprint density at radius 1 is 1.38 bits per heavy atom. The van der Waals surface area contributed by atoms with Crippen LogP contribution < -0.4 is 11.3 Å². The Kier molecular flexibility index (Phi) is 6.96. The van der Waals surface area contributed by atoms with Gasteiger partial charge in [-0.05, 0) is 32.1 Å². The molecule has 0 bridgehead atoms. The largest absolute Gasteiger partial charge is 0.381 e. The number of nitrogens with one attached hydrogen (secondary N) is 1. The van der Waals surface area contributed by atoms with E-state index >= 15 is 0 Å². The standard InChI is InChI=1S/C12H26N2O2/c1-3-5-11(16-4-2)12(14-13)10-6-8-15-9-7-10/h10-12,14H,3-9,13H2,1-2H3. The summed E-state index contributed by atoms with van der Waals surface area (Å²) in [6.07, 6.45) is 4.61. The van der Waals surface area contributed by atoms with Gasteiger partial charge in [0.1, 0.15) is 0 Å². The molecular weight excluding hydrogens is 204 g/mol. The minimum atomic E-state index is 0.239. The maximum Gasteiger partial charge on any atom is 0.0743 e. The van der Waals surface area contributed by atoms with Crippen molar-refractivity contribution in [2.75, 3.05) is 19.8 Å². The Balaban J connectivity index is 2.52. The number of nitrogens with two attached hydrogens (primary N) is 1. The van der Waals surface area contributed by atoms with Gasteiger partial charge in [-0.3, -0.25) is 11.3 Å². The van der Waals surface area contributed by atoms with Crippen LogP contribution in [-0.4, -0.2) is 32.0 Å². The van der Waals surface area contributed by atoms with Crippen LogP contribution in [0.1, 0.15) is 39.5 Å². The van der Waals surface area contributed by atoms with Crippen molar-refractivity contribution in [3.05, 3.63) is 0 Å². The highest BCUT2D eigenvalue weighted by Crippen LogP contribution is 2.23. The molecule has 0 aliphatic carbocycles. The summed E-state index contributed by atoms with van der Waals surface area (Å²) in [5.41, 5.74) is 2.96. The van der Waals surface area contributed by atoms with Crippen molar-refractivity contribution in [2.45, 2.75) is 51.7 Å². The zero-order chi connectivity index (χ0) is 11.8. The molecule has 16 heavy (non-hydrogen) atoms. The first kappa shape index (κ1) is 13.9. The summed E-state index contributed by atoms with van der Waals surface area (Å²) >= 11 is 0. The highest BCUT2D eigenvalue weighted by atomic mass is 16.5. The van der Waals surface area contributed by atoms with E-state index in [-0.39, 0.29) is 12.1 Å². The van der Waals surface area contributed by atoms with Crippen LogP contribution in [0.15, 0.2) is 0 Å². The molecule has 0 spiro atoms. The molecule has 0 aromatic carbocycles. The number of hydrogen-bond donors (Lipinski definition) is 2. The van der Waals surface area contributed by atoms with Gasteiger partial charge in [0, 0.05) is 19.8 Å². The van der Waals surface area contributed by atoms with E-state index in [1.54, 1.807) is 0 Å². The molecule has 1 heterocycles. The molecule has 4 heteroatoms. The molecule has 0 aromatic rings. The third kappa shape index (κ3) is 4.01. The summed E-state index contributed by atoms with van der Waals surface area (Å²) in [6, 6.07) is 0.267. The summed E-state index contributed by atoms with van der Waals surface area (Å²) in [4.78, 5) is 0. The summed E-state index contributed by atoms with van der Waals surface area (Å²) in [7, 11) is 0. The third-order valence-corrected chi connectivity index (χ3v) is 3.32. The van der Waals surface area contributed by atoms with Gasteiger partial charge < -0.3 is 9.47 Å². The highest BCUT2D eigenvalue weighted by molar-refractivity contribution is 4.83. The quantitative estimate of drug-likeness (QED) is 0.513. The Hall–Kier alpha value is -0.160. The Morgan fingerprint density at radius 3 is 2.56 bits per heavy atom. The van der Waals surface area contributed by atoms with Gasteiger partial charge in [0.05, 0.1) is 12.1 Å². The third-order valence-electron chi connectivity index (χ3n) is 3.32. The maximum absolute atomic E-state index is 5.81. The molecule has 3 N–H and O–H groups in total. The molecule has 1 fully saturated rings. The number of rotatable bonds is 7. The topological polar surface area (TPSA) is 56.5 Å². The van der Waals surface area contributed by atoms with E-state index in [2.05, 4.69) is 12.3 Å². The second-order valence-electron chi connectivity index (χ2n) is 4.42. The average Bonchev–Trinajstić information content (AvgIpc) is 2.32. The molecule has 0 amide bonds. The molecule has 0 radical (unpaired) electrons. The van der Waals surface area contributed by atoms with Gasteiger partial charge in [0.15, 0.2) is 0 Å². The van der Waals surface area contributed by atoms with Crippen LogP contribution in [-0.2, 0) is 9.47 Å². The molecule has 1 aliphatic rings. The van der Waals surface area contributed by atoms with Crippen molar-refractivity contribution in [3.8, 4) is 0 Å². The van der Waals surface area contributed by atoms with Crippen molar-refractivity contribution < 1.29 is 9.47 Å². The summed E-state index contributed by atoms with van der Waals surface area (Å²) < 4.78 is 11.2. The van der Waals surface area contributed by atoms with Gasteiger partial charge in [-0.1, -0.05) is 13.3 Å². The van der Waals surface area contributed by atoms with Gasteiger partial charge in [0.25, 0.3) is 0 Å². The molecule has 2 atom stereocenters. The summed E-state index contributed by atoms with van der Waals surface area (Å²) in [5, 5.41) is 0. The second kappa shape index (κ2) is 8.01. The van der Waals surface area contributed by atoms with Crippen LogP contribution in [0.4, 0.5) is 0 Å². The fourth-order valence-electron chi connectivity index (χ4n) is 2.49. The van der Waals surface area contributed by atoms with Gasteiger partial charge in [0.2, 0.25) is 0 Å². The fraction of sp³-hybridized carbons (Fsp3) is 1.00. The van der Waals surface area contributed by atoms with Crippen LogP contribution in [0.2, 0.25) is 0 Å². The molecular formula is C12H26N2O2. The summed E-state index contributed by atoms with van der Waals surface area (Å²) in [6.45, 7) is 6.69. The lowest BCUT2D eigenvalue weighted by molar-refractivity contribution is -0.0161. The lowest BCUT2D eigenvalue weighted by Gasteiger charge is -2.35. The van der Waals surface area contributed by atoms with E-state index in [1.165, 1.54) is 0 Å². The number of hydrazine groups is 1. The van der Waals surface area contributed by atoms with Gasteiger partial charge in [-0.2, -0.15) is 0 Å². The molecule has 2 unspecified atom stereocenters. The molecule has 1 rings (SSSR count). The average molecular weight is 230 g/mol. The minimum Gasteiger partial charge on any atom is -0.381 e. The van der Waals surface area contributed by atoms with Crippen molar-refractivity contribution in [2.24, 2.45) is 11.8 Å². The van der Waals surface area contributed by atoms with Crippen LogP contribution >= 0.6 is 0 Å². The monoisotopic (exact) mass is 230 g/mol. The van der Waals surface area contributed by atoms with Crippen molar-refractivity contribution in [1.82, 2.24) is 5.43 Å². The lowest BCUT2D eigenvalue weighted by Crippen LogP contribution is -2.51. The first-order valence-corrected chi connectivity index (χ1v) is 6.48. The Bertz CT molecular complexity index is 166. The molecule has 4 nitrogen and oxygen atoms in total. The maximum atomic E-state index is 5.81. The zero-order valence-corrected chi connectivity index (χ0v) is 10.6. The predicted octanol–water partition coefficient (Wildman–Crippen LogP) is 1.45. The van der Waals surface area contributed by atoms with Crippen molar-refractivity contribution in [3.63, 3.8) is 0 Å². The SMILES string of the molecule is CCCC(OCC)C(NN)C1CCOCC1. The van der Waals surface area contributed by atoms with Crippen molar-refractivity contribution >= 4 is 0 Å². The van der Waals surface area contributed by atoms with E-state index in [1.807, 2.05) is 6.92 Å². The van der Waals surface area contributed by atoms with Gasteiger partial charge in [-0.15, -0.1) is 0 Å². The van der Waals surface area contributed by atoms with E-state index in [0.717, 1.165) is 45.5 Å². The summed E-state index contributed by atoms with van der Waals surface area (Å²) in [5.74, 6) is 6.28. The van der Waals surface area contributed by atoms with E-state index in [0.29, 0.717) is 5.92 Å². The molecule has 96 valence electrons. The molecule has 0 aromatic heterocycles. The first-order chi connectivity index (χ1) is 7.83. The van der Waals surface area contributed by atoms with E-state index in [9.17, 15) is 0 Å². The smallest absolute Gasteiger partial charge is 0.0743 e. The Labute approximate surface area is 98.8 Å². The van der Waals surface area contributed by atoms with Crippen LogP contribution in [0.3, 0.4) is 0 Å². The van der Waals surface area contributed by atoms with Crippen LogP contribution in [0.5, 0.6) is 0 Å². The van der Waals surface area contributed by atoms with Crippen LogP contribution in [0.25, 0.3) is 0 Å². The first-order valence-electron chi connectivity index (χ1n) is 6.48. The molecule has 1 aliphatic heterocycles. The zero-order valence-electron chi connectivity index (χ0n) is 10.6. The molecule has 1 saturated heterocycles. The number of ether oxygens (including phenoxy) is 2. The Morgan fingerprint density at radius 2 is 2.06 bits per heavy atom. The minimum absolute atomic E-state index is 0.239. The second-order valence-corrected chi connectivity index (χ2v) is 4.42. The number of hydrogen-bond acceptors (Lipinski definition) is 4. The predicted molar refractivity (Wildman–Crippen MR) is 65.0 cm³/mol. The van der Waals surface area contributed by atoms with Gasteiger partial charge in [-0.25, -0.2) is 0 Å². The fourth-order valence-corrected chi connectivity index (χ4v) is 2.49. The highest BCUT2D eigenvalue weighted by Gasteiger charge is 2.29. The van der Waals surface area contributed by atoms with E-state index in [4.69, 9.17) is 15.3 Å². The normalized spacial score (nSPS) is 21.9. The van der Waals surface area contributed by atoms with Crippen LogP contribution in [0, 0.1) is 5.92 Å². The van der Waals surface area contributed by atoms with E-state index < -0.39 is 0 Å².